The minimum Gasteiger partial charge on any atom is -0.325 e. The Hall–Kier alpha value is -4.02. The van der Waals surface area contributed by atoms with Crippen LogP contribution in [0.3, 0.4) is 0 Å². The van der Waals surface area contributed by atoms with Gasteiger partial charge in [0.15, 0.2) is 5.69 Å². The second-order valence-corrected chi connectivity index (χ2v) is 6.68. The number of nitrogens with one attached hydrogen (secondary N) is 1. The topological polar surface area (TPSA) is 70.7 Å². The molecule has 178 valence electrons. The van der Waals surface area contributed by atoms with Crippen LogP contribution in [0.5, 0.6) is 0 Å². The van der Waals surface area contributed by atoms with Crippen LogP contribution in [-0.2, 0) is 18.5 Å². The van der Waals surface area contributed by atoms with Crippen LogP contribution in [0.15, 0.2) is 53.3 Å². The van der Waals surface area contributed by atoms with Gasteiger partial charge >= 0.3 is 18.5 Å². The van der Waals surface area contributed by atoms with Crippen LogP contribution in [-0.4, -0.2) is 9.55 Å². The molecule has 0 amide bonds. The second kappa shape index (κ2) is 8.40. The Morgan fingerprint density at radius 2 is 1.44 bits per heavy atom. The van der Waals surface area contributed by atoms with Crippen LogP contribution in [0.4, 0.5) is 51.1 Å². The number of rotatable bonds is 3. The molecule has 0 fully saturated rings. The molecule has 0 unspecified atom stereocenters. The molecule has 0 aliphatic carbocycles. The molecule has 0 bridgehead atoms. The highest BCUT2D eigenvalue weighted by molar-refractivity contribution is 5.62. The molecule has 3 rings (SSSR count). The summed E-state index contributed by atoms with van der Waals surface area (Å²) in [6, 6.07) is 6.90. The summed E-state index contributed by atoms with van der Waals surface area (Å²) in [4.78, 5) is 15.7. The van der Waals surface area contributed by atoms with Crippen molar-refractivity contribution in [1.82, 2.24) is 9.55 Å². The number of aromatic nitrogens is 2. The Kier molecular flexibility index (Phi) is 6.08. The van der Waals surface area contributed by atoms with Crippen LogP contribution in [0, 0.1) is 11.3 Å². The van der Waals surface area contributed by atoms with Gasteiger partial charge in [0.05, 0.1) is 34.1 Å². The zero-order chi connectivity index (χ0) is 25.5. The predicted octanol–water partition coefficient (Wildman–Crippen LogP) is 5.90. The van der Waals surface area contributed by atoms with Crippen molar-refractivity contribution >= 4 is 11.6 Å². The number of halogens is 9. The van der Waals surface area contributed by atoms with Crippen LogP contribution in [0.1, 0.15) is 22.4 Å². The van der Waals surface area contributed by atoms with Gasteiger partial charge in [-0.2, -0.15) is 44.8 Å². The number of anilines is 2. The zero-order valence-corrected chi connectivity index (χ0v) is 16.3. The van der Waals surface area contributed by atoms with Gasteiger partial charge in [-0.15, -0.1) is 0 Å². The van der Waals surface area contributed by atoms with Crippen molar-refractivity contribution in [3.05, 3.63) is 81.3 Å². The lowest BCUT2D eigenvalue weighted by molar-refractivity contribution is -0.143. The Morgan fingerprint density at radius 1 is 0.824 bits per heavy atom. The molecule has 0 aliphatic rings. The van der Waals surface area contributed by atoms with Gasteiger partial charge in [-0.05, 0) is 42.5 Å². The second-order valence-electron chi connectivity index (χ2n) is 6.68. The summed E-state index contributed by atoms with van der Waals surface area (Å²) in [7, 11) is 0. The van der Waals surface area contributed by atoms with Crippen LogP contribution >= 0.6 is 0 Å². The van der Waals surface area contributed by atoms with Crippen molar-refractivity contribution in [2.24, 2.45) is 0 Å². The summed E-state index contributed by atoms with van der Waals surface area (Å²) >= 11 is 0. The Labute approximate surface area is 183 Å². The fourth-order valence-electron chi connectivity index (χ4n) is 2.83. The van der Waals surface area contributed by atoms with Gasteiger partial charge in [-0.3, -0.25) is 4.79 Å². The highest BCUT2D eigenvalue weighted by Crippen LogP contribution is 2.40. The van der Waals surface area contributed by atoms with E-state index in [1.165, 1.54) is 12.1 Å². The van der Waals surface area contributed by atoms with E-state index in [0.717, 1.165) is 12.1 Å². The van der Waals surface area contributed by atoms with E-state index in [-0.39, 0.29) is 29.4 Å². The quantitative estimate of drug-likeness (QED) is 0.462. The molecular formula is C20H9F9N4O. The molecule has 3 aromatic rings. The first-order valence-electron chi connectivity index (χ1n) is 8.88. The van der Waals surface area contributed by atoms with Crippen LogP contribution in [0.25, 0.3) is 5.69 Å². The number of hydrogen-bond acceptors (Lipinski definition) is 4. The average Bonchev–Trinajstić information content (AvgIpc) is 2.72. The van der Waals surface area contributed by atoms with Gasteiger partial charge in [0.1, 0.15) is 0 Å². The van der Waals surface area contributed by atoms with Gasteiger partial charge in [0.2, 0.25) is 5.95 Å². The molecule has 34 heavy (non-hydrogen) atoms. The minimum atomic E-state index is -5.34. The molecule has 1 aromatic heterocycles. The average molecular weight is 492 g/mol. The van der Waals surface area contributed by atoms with Crippen molar-refractivity contribution in [3.63, 3.8) is 0 Å². The molecule has 0 spiro atoms. The van der Waals surface area contributed by atoms with Crippen molar-refractivity contribution < 1.29 is 39.5 Å². The molecule has 2 aromatic carbocycles. The third kappa shape index (κ3) is 5.13. The number of alkyl halides is 9. The summed E-state index contributed by atoms with van der Waals surface area (Å²) in [5.41, 5.74) is -7.73. The standard InChI is InChI=1S/C20H9F9N4O/c21-18(22,23)11-3-6-14(13(7-11)19(24,25)26)31-17-32-15(20(27,28)29)8-16(34)33(17)12-4-1-10(9-30)2-5-12/h1-8H,(H,31,32). The lowest BCUT2D eigenvalue weighted by Crippen LogP contribution is -2.26. The third-order valence-electron chi connectivity index (χ3n) is 4.36. The van der Waals surface area contributed by atoms with Crippen molar-refractivity contribution in [2.75, 3.05) is 5.32 Å². The first kappa shape index (κ1) is 24.6. The van der Waals surface area contributed by atoms with Gasteiger partial charge in [0.25, 0.3) is 5.56 Å². The van der Waals surface area contributed by atoms with Crippen molar-refractivity contribution in [1.29, 1.82) is 5.26 Å². The molecule has 0 atom stereocenters. The highest BCUT2D eigenvalue weighted by Gasteiger charge is 2.39. The van der Waals surface area contributed by atoms with Crippen molar-refractivity contribution in [2.45, 2.75) is 18.5 Å². The normalized spacial score (nSPS) is 12.4. The largest absolute Gasteiger partial charge is 0.433 e. The fraction of sp³-hybridized carbons (Fsp3) is 0.150. The molecule has 0 radical (unpaired) electrons. The summed E-state index contributed by atoms with van der Waals surface area (Å²) in [6.07, 6.45) is -15.6. The number of nitriles is 1. The number of nitrogens with zero attached hydrogens (tertiary/aromatic N) is 3. The third-order valence-corrected chi connectivity index (χ3v) is 4.36. The minimum absolute atomic E-state index is 0.0980. The smallest absolute Gasteiger partial charge is 0.325 e. The van der Waals surface area contributed by atoms with Crippen molar-refractivity contribution in [3.8, 4) is 11.8 Å². The molecule has 0 saturated carbocycles. The molecule has 0 saturated heterocycles. The maximum Gasteiger partial charge on any atom is 0.433 e. The monoisotopic (exact) mass is 492 g/mol. The summed E-state index contributed by atoms with van der Waals surface area (Å²) in [6.45, 7) is 0. The maximum atomic E-state index is 13.5. The Bertz CT molecular complexity index is 1310. The lowest BCUT2D eigenvalue weighted by atomic mass is 10.1. The summed E-state index contributed by atoms with van der Waals surface area (Å²) in [5.74, 6) is -1.05. The highest BCUT2D eigenvalue weighted by atomic mass is 19.4. The lowest BCUT2D eigenvalue weighted by Gasteiger charge is -2.19. The summed E-state index contributed by atoms with van der Waals surface area (Å²) in [5, 5.41) is 10.8. The number of hydrogen-bond donors (Lipinski definition) is 1. The van der Waals surface area contributed by atoms with E-state index >= 15 is 0 Å². The van der Waals surface area contributed by atoms with Gasteiger partial charge in [-0.1, -0.05) is 0 Å². The first-order valence-corrected chi connectivity index (χ1v) is 8.88. The molecule has 5 nitrogen and oxygen atoms in total. The van der Waals surface area contributed by atoms with E-state index in [4.69, 9.17) is 5.26 Å². The maximum absolute atomic E-state index is 13.5. The SMILES string of the molecule is N#Cc1ccc(-n2c(Nc3ccc(C(F)(F)F)cc3C(F)(F)F)nc(C(F)(F)F)cc2=O)cc1. The fourth-order valence-corrected chi connectivity index (χ4v) is 2.83. The molecular weight excluding hydrogens is 483 g/mol. The molecule has 14 heteroatoms. The molecule has 1 heterocycles. The van der Waals surface area contributed by atoms with E-state index in [9.17, 15) is 44.3 Å². The Balaban J connectivity index is 2.25. The molecule has 0 aliphatic heterocycles. The van der Waals surface area contributed by atoms with Gasteiger partial charge in [0, 0.05) is 6.07 Å². The first-order chi connectivity index (χ1) is 15.6. The van der Waals surface area contributed by atoms with E-state index in [2.05, 4.69) is 4.98 Å². The van der Waals surface area contributed by atoms with Gasteiger partial charge in [-0.25, -0.2) is 9.55 Å². The zero-order valence-electron chi connectivity index (χ0n) is 16.3. The van der Waals surface area contributed by atoms with E-state index < -0.39 is 52.5 Å². The van der Waals surface area contributed by atoms with E-state index in [0.29, 0.717) is 10.6 Å². The van der Waals surface area contributed by atoms with Crippen LogP contribution < -0.4 is 10.9 Å². The summed E-state index contributed by atoms with van der Waals surface area (Å²) < 4.78 is 119. The van der Waals surface area contributed by atoms with E-state index in [1.807, 2.05) is 5.32 Å². The van der Waals surface area contributed by atoms with Gasteiger partial charge < -0.3 is 5.32 Å². The predicted molar refractivity (Wildman–Crippen MR) is 99.3 cm³/mol. The Morgan fingerprint density at radius 3 is 1.94 bits per heavy atom. The van der Waals surface area contributed by atoms with Crippen LogP contribution in [0.2, 0.25) is 0 Å². The van der Waals surface area contributed by atoms with E-state index in [1.54, 1.807) is 6.07 Å². The number of benzene rings is 2. The molecule has 1 N–H and O–H groups in total.